The molecular formula is C15H18ClN3. The van der Waals surface area contributed by atoms with Gasteiger partial charge in [0.1, 0.15) is 11.0 Å². The van der Waals surface area contributed by atoms with Gasteiger partial charge in [0.25, 0.3) is 0 Å². The van der Waals surface area contributed by atoms with E-state index in [4.69, 9.17) is 11.6 Å². The molecule has 0 aliphatic heterocycles. The van der Waals surface area contributed by atoms with E-state index in [1.807, 2.05) is 25.3 Å². The summed E-state index contributed by atoms with van der Waals surface area (Å²) in [7, 11) is 0. The number of aromatic nitrogens is 3. The summed E-state index contributed by atoms with van der Waals surface area (Å²) < 4.78 is 0. The normalized spacial score (nSPS) is 11.6. The van der Waals surface area contributed by atoms with E-state index < -0.39 is 0 Å². The lowest BCUT2D eigenvalue weighted by Crippen LogP contribution is -2.18. The van der Waals surface area contributed by atoms with Gasteiger partial charge in [-0.3, -0.25) is 4.98 Å². The highest BCUT2D eigenvalue weighted by molar-refractivity contribution is 6.30. The minimum absolute atomic E-state index is 0.110. The molecule has 2 aromatic rings. The summed E-state index contributed by atoms with van der Waals surface area (Å²) in [4.78, 5) is 13.2. The molecule has 0 amide bonds. The van der Waals surface area contributed by atoms with Crippen molar-refractivity contribution in [1.29, 1.82) is 0 Å². The maximum absolute atomic E-state index is 6.22. The van der Waals surface area contributed by atoms with E-state index in [2.05, 4.69) is 35.7 Å². The van der Waals surface area contributed by atoms with Crippen molar-refractivity contribution < 1.29 is 0 Å². The van der Waals surface area contributed by atoms with E-state index in [9.17, 15) is 0 Å². The molecule has 0 atom stereocenters. The smallest absolute Gasteiger partial charge is 0.135 e. The first kappa shape index (κ1) is 13.9. The Morgan fingerprint density at radius 2 is 1.95 bits per heavy atom. The number of nitrogens with zero attached hydrogens (tertiary/aromatic N) is 3. The zero-order chi connectivity index (χ0) is 14.0. The first-order valence-corrected chi connectivity index (χ1v) is 6.68. The molecule has 3 nitrogen and oxygen atoms in total. The van der Waals surface area contributed by atoms with Crippen LogP contribution in [0.1, 0.15) is 43.4 Å². The van der Waals surface area contributed by atoms with Gasteiger partial charge in [-0.15, -0.1) is 0 Å². The molecule has 0 aromatic carbocycles. The molecule has 0 saturated carbocycles. The van der Waals surface area contributed by atoms with Gasteiger partial charge in [0.2, 0.25) is 0 Å². The van der Waals surface area contributed by atoms with Crippen molar-refractivity contribution in [3.8, 4) is 0 Å². The maximum Gasteiger partial charge on any atom is 0.135 e. The second kappa shape index (κ2) is 5.25. The van der Waals surface area contributed by atoms with Gasteiger partial charge in [-0.25, -0.2) is 9.97 Å². The lowest BCUT2D eigenvalue weighted by atomic mass is 9.95. The lowest BCUT2D eigenvalue weighted by Gasteiger charge is -2.19. The summed E-state index contributed by atoms with van der Waals surface area (Å²) in [6, 6.07) is 3.97. The summed E-state index contributed by atoms with van der Waals surface area (Å²) >= 11 is 6.22. The van der Waals surface area contributed by atoms with Gasteiger partial charge in [-0.1, -0.05) is 38.4 Å². The minimum Gasteiger partial charge on any atom is -0.264 e. The largest absolute Gasteiger partial charge is 0.264 e. The van der Waals surface area contributed by atoms with Gasteiger partial charge < -0.3 is 0 Å². The van der Waals surface area contributed by atoms with Crippen molar-refractivity contribution in [2.75, 3.05) is 0 Å². The number of hydrogen-bond donors (Lipinski definition) is 0. The highest BCUT2D eigenvalue weighted by Crippen LogP contribution is 2.24. The Labute approximate surface area is 119 Å². The second-order valence-corrected chi connectivity index (χ2v) is 6.06. The molecular weight excluding hydrogens is 258 g/mol. The van der Waals surface area contributed by atoms with E-state index in [1.165, 1.54) is 0 Å². The molecule has 0 radical (unpaired) electrons. The van der Waals surface area contributed by atoms with Crippen LogP contribution in [0.2, 0.25) is 5.15 Å². The van der Waals surface area contributed by atoms with Crippen LogP contribution in [0.3, 0.4) is 0 Å². The van der Waals surface area contributed by atoms with Gasteiger partial charge in [0.15, 0.2) is 0 Å². The monoisotopic (exact) mass is 275 g/mol. The molecule has 0 fully saturated rings. The van der Waals surface area contributed by atoms with Crippen LogP contribution in [-0.2, 0) is 11.8 Å². The molecule has 0 aliphatic rings. The molecule has 0 N–H and O–H groups in total. The summed E-state index contributed by atoms with van der Waals surface area (Å²) in [5, 5.41) is 0.541. The van der Waals surface area contributed by atoms with Gasteiger partial charge >= 0.3 is 0 Å². The summed E-state index contributed by atoms with van der Waals surface area (Å²) in [5.74, 6) is 0.780. The lowest BCUT2D eigenvalue weighted by molar-refractivity contribution is 0.541. The van der Waals surface area contributed by atoms with Crippen molar-refractivity contribution in [2.45, 2.75) is 39.5 Å². The topological polar surface area (TPSA) is 38.7 Å². The van der Waals surface area contributed by atoms with Crippen LogP contribution in [0.25, 0.3) is 0 Å². The summed E-state index contributed by atoms with van der Waals surface area (Å²) in [6.07, 6.45) is 4.35. The van der Waals surface area contributed by atoms with Crippen LogP contribution >= 0.6 is 11.6 Å². The Bertz CT molecular complexity index is 574. The van der Waals surface area contributed by atoms with Crippen molar-refractivity contribution in [1.82, 2.24) is 15.0 Å². The van der Waals surface area contributed by atoms with Crippen LogP contribution < -0.4 is 0 Å². The second-order valence-electron chi connectivity index (χ2n) is 5.70. The van der Waals surface area contributed by atoms with Gasteiger partial charge in [-0.2, -0.15) is 0 Å². The molecule has 4 heteroatoms. The quantitative estimate of drug-likeness (QED) is 0.784. The molecule has 2 aromatic heterocycles. The molecule has 0 saturated heterocycles. The van der Waals surface area contributed by atoms with E-state index >= 15 is 0 Å². The predicted octanol–water partition coefficient (Wildman–Crippen LogP) is 3.72. The van der Waals surface area contributed by atoms with E-state index in [0.717, 1.165) is 29.1 Å². The molecule has 19 heavy (non-hydrogen) atoms. The molecule has 0 aliphatic carbocycles. The minimum atomic E-state index is -0.110. The molecule has 2 heterocycles. The Balaban J connectivity index is 2.42. The van der Waals surface area contributed by atoms with Crippen LogP contribution in [0.4, 0.5) is 0 Å². The van der Waals surface area contributed by atoms with Crippen molar-refractivity contribution >= 4 is 11.6 Å². The third-order valence-corrected chi connectivity index (χ3v) is 3.32. The molecule has 0 unspecified atom stereocenters. The first-order valence-electron chi connectivity index (χ1n) is 6.30. The summed E-state index contributed by atoms with van der Waals surface area (Å²) in [6.45, 7) is 8.21. The standard InChI is InChI=1S/C15H18ClN3/c1-10-12(8-11-6-5-7-17-9-11)18-14(15(2,3)4)19-13(10)16/h5-7,9H,8H2,1-4H3. The average molecular weight is 276 g/mol. The number of rotatable bonds is 2. The Morgan fingerprint density at radius 3 is 2.53 bits per heavy atom. The average Bonchev–Trinajstić information content (AvgIpc) is 2.34. The van der Waals surface area contributed by atoms with Crippen LogP contribution in [0.5, 0.6) is 0 Å². The number of halogens is 1. The third kappa shape index (κ3) is 3.29. The van der Waals surface area contributed by atoms with E-state index in [-0.39, 0.29) is 5.41 Å². The Hall–Kier alpha value is -1.48. The van der Waals surface area contributed by atoms with Gasteiger partial charge in [0.05, 0.1) is 5.69 Å². The van der Waals surface area contributed by atoms with E-state index in [0.29, 0.717) is 5.15 Å². The molecule has 0 bridgehead atoms. The Morgan fingerprint density at radius 1 is 1.21 bits per heavy atom. The number of hydrogen-bond acceptors (Lipinski definition) is 3. The molecule has 2 rings (SSSR count). The van der Waals surface area contributed by atoms with Crippen LogP contribution in [0, 0.1) is 6.92 Å². The zero-order valence-corrected chi connectivity index (χ0v) is 12.5. The SMILES string of the molecule is Cc1c(Cl)nc(C(C)(C)C)nc1Cc1cccnc1. The fourth-order valence-electron chi connectivity index (χ4n) is 1.74. The highest BCUT2D eigenvalue weighted by Gasteiger charge is 2.20. The van der Waals surface area contributed by atoms with Crippen molar-refractivity contribution in [3.05, 3.63) is 52.3 Å². The zero-order valence-electron chi connectivity index (χ0n) is 11.7. The molecule has 0 spiro atoms. The van der Waals surface area contributed by atoms with Gasteiger partial charge in [-0.05, 0) is 18.6 Å². The number of pyridine rings is 1. The van der Waals surface area contributed by atoms with Gasteiger partial charge in [0, 0.05) is 29.8 Å². The molecule has 100 valence electrons. The summed E-state index contributed by atoms with van der Waals surface area (Å²) in [5.41, 5.74) is 2.93. The third-order valence-electron chi connectivity index (χ3n) is 2.95. The predicted molar refractivity (Wildman–Crippen MR) is 77.5 cm³/mol. The van der Waals surface area contributed by atoms with Crippen molar-refractivity contribution in [2.24, 2.45) is 0 Å². The van der Waals surface area contributed by atoms with Crippen LogP contribution in [0.15, 0.2) is 24.5 Å². The fraction of sp³-hybridized carbons (Fsp3) is 0.400. The van der Waals surface area contributed by atoms with Crippen molar-refractivity contribution in [3.63, 3.8) is 0 Å². The Kier molecular flexibility index (Phi) is 3.85. The van der Waals surface area contributed by atoms with Crippen LogP contribution in [-0.4, -0.2) is 15.0 Å². The highest BCUT2D eigenvalue weighted by atomic mass is 35.5. The first-order chi connectivity index (χ1) is 8.88. The fourth-order valence-corrected chi connectivity index (χ4v) is 1.93. The maximum atomic E-state index is 6.22. The van der Waals surface area contributed by atoms with E-state index in [1.54, 1.807) is 6.20 Å².